The zero-order valence-electron chi connectivity index (χ0n) is 12.5. The van der Waals surface area contributed by atoms with Crippen LogP contribution in [0.5, 0.6) is 0 Å². The summed E-state index contributed by atoms with van der Waals surface area (Å²) in [4.78, 5) is 25.2. The third-order valence-corrected chi connectivity index (χ3v) is 4.82. The highest BCUT2D eigenvalue weighted by Crippen LogP contribution is 2.40. The molecule has 2 fully saturated rings. The van der Waals surface area contributed by atoms with E-state index in [2.05, 4.69) is 22.1 Å². The monoisotopic (exact) mass is 321 g/mol. The number of hydrogen-bond acceptors (Lipinski definition) is 5. The van der Waals surface area contributed by atoms with Crippen LogP contribution in [-0.4, -0.2) is 49.9 Å². The van der Waals surface area contributed by atoms with Gasteiger partial charge in [0.25, 0.3) is 0 Å². The molecule has 8 heteroatoms. The van der Waals surface area contributed by atoms with Crippen LogP contribution in [0, 0.1) is 0 Å². The third kappa shape index (κ3) is 2.87. The molecular formula is C14H19N5O2S. The number of nitrogens with zero attached hydrogens (tertiary/aromatic N) is 4. The van der Waals surface area contributed by atoms with E-state index < -0.39 is 0 Å². The second-order valence-electron chi connectivity index (χ2n) is 5.50. The van der Waals surface area contributed by atoms with Gasteiger partial charge >= 0.3 is 6.03 Å². The topological polar surface area (TPSA) is 80.1 Å². The first kappa shape index (κ1) is 15.1. The van der Waals surface area contributed by atoms with Crippen LogP contribution < -0.4 is 5.32 Å². The van der Waals surface area contributed by atoms with Crippen molar-refractivity contribution in [3.8, 4) is 0 Å². The number of allylic oxidation sites excluding steroid dienone is 1. The molecule has 22 heavy (non-hydrogen) atoms. The van der Waals surface area contributed by atoms with Crippen molar-refractivity contribution in [1.82, 2.24) is 25.0 Å². The van der Waals surface area contributed by atoms with E-state index >= 15 is 0 Å². The van der Waals surface area contributed by atoms with Gasteiger partial charge in [0.2, 0.25) is 5.91 Å². The van der Waals surface area contributed by atoms with Gasteiger partial charge in [-0.05, 0) is 19.8 Å². The minimum Gasteiger partial charge on any atom is -0.336 e. The first-order valence-electron chi connectivity index (χ1n) is 7.41. The normalized spacial score (nSPS) is 19.1. The average molecular weight is 321 g/mol. The number of carbonyl (C=O) groups excluding carboxylic acids is 2. The predicted molar refractivity (Wildman–Crippen MR) is 82.6 cm³/mol. The zero-order chi connectivity index (χ0) is 15.7. The summed E-state index contributed by atoms with van der Waals surface area (Å²) in [6, 6.07) is -0.316. The van der Waals surface area contributed by atoms with Gasteiger partial charge in [0.05, 0.1) is 5.25 Å². The Hall–Kier alpha value is -1.83. The van der Waals surface area contributed by atoms with Crippen molar-refractivity contribution < 1.29 is 9.59 Å². The van der Waals surface area contributed by atoms with Crippen LogP contribution in [0.15, 0.2) is 17.8 Å². The summed E-state index contributed by atoms with van der Waals surface area (Å²) in [6.07, 6.45) is 4.09. The van der Waals surface area contributed by atoms with Crippen molar-refractivity contribution in [1.29, 1.82) is 0 Å². The minimum absolute atomic E-state index is 0.193. The Morgan fingerprint density at radius 3 is 2.91 bits per heavy atom. The molecule has 7 nitrogen and oxygen atoms in total. The Bertz CT molecular complexity index is 610. The van der Waals surface area contributed by atoms with Gasteiger partial charge in [-0.2, -0.15) is 0 Å². The van der Waals surface area contributed by atoms with E-state index in [4.69, 9.17) is 0 Å². The van der Waals surface area contributed by atoms with E-state index in [9.17, 15) is 9.59 Å². The van der Waals surface area contributed by atoms with Crippen molar-refractivity contribution in [3.63, 3.8) is 0 Å². The molecule has 1 aromatic heterocycles. The average Bonchev–Trinajstić information content (AvgIpc) is 3.14. The van der Waals surface area contributed by atoms with E-state index in [1.54, 1.807) is 13.0 Å². The molecule has 0 radical (unpaired) electrons. The molecule has 118 valence electrons. The standard InChI is InChI=1S/C14H19N5O2S/c1-3-7-18-11(10-4-5-10)16-17-14(18)22-9(2)12(20)19-8-6-15-13(19)21/h3,9-10H,1,4-8H2,2H3,(H,15,21). The molecule has 1 unspecified atom stereocenters. The number of urea groups is 1. The summed E-state index contributed by atoms with van der Waals surface area (Å²) < 4.78 is 2.02. The fraction of sp³-hybridized carbons (Fsp3) is 0.571. The van der Waals surface area contributed by atoms with Crippen molar-refractivity contribution in [3.05, 3.63) is 18.5 Å². The number of thioether (sulfide) groups is 1. The molecule has 1 N–H and O–H groups in total. The molecule has 1 aliphatic heterocycles. The predicted octanol–water partition coefficient (Wildman–Crippen LogP) is 1.37. The van der Waals surface area contributed by atoms with E-state index in [0.717, 1.165) is 18.7 Å². The highest BCUT2D eigenvalue weighted by molar-refractivity contribution is 8.00. The molecular weight excluding hydrogens is 302 g/mol. The van der Waals surface area contributed by atoms with Gasteiger partial charge in [0.1, 0.15) is 5.82 Å². The summed E-state index contributed by atoms with van der Waals surface area (Å²) in [5.41, 5.74) is 0. The Labute approximate surface area is 133 Å². The largest absolute Gasteiger partial charge is 0.336 e. The quantitative estimate of drug-likeness (QED) is 0.632. The van der Waals surface area contributed by atoms with Crippen molar-refractivity contribution >= 4 is 23.7 Å². The second kappa shape index (κ2) is 6.12. The van der Waals surface area contributed by atoms with Crippen LogP contribution >= 0.6 is 11.8 Å². The van der Waals surface area contributed by atoms with Gasteiger partial charge in [0, 0.05) is 25.6 Å². The lowest BCUT2D eigenvalue weighted by atomic mass is 10.4. The van der Waals surface area contributed by atoms with E-state index in [-0.39, 0.29) is 17.2 Å². The highest BCUT2D eigenvalue weighted by atomic mass is 32.2. The Morgan fingerprint density at radius 2 is 2.32 bits per heavy atom. The summed E-state index contributed by atoms with van der Waals surface area (Å²) in [5, 5.41) is 11.4. The summed E-state index contributed by atoms with van der Waals surface area (Å²) in [7, 11) is 0. The molecule has 1 atom stereocenters. The van der Waals surface area contributed by atoms with Gasteiger partial charge < -0.3 is 9.88 Å². The lowest BCUT2D eigenvalue weighted by Crippen LogP contribution is -2.39. The van der Waals surface area contributed by atoms with Crippen molar-refractivity contribution in [2.75, 3.05) is 13.1 Å². The van der Waals surface area contributed by atoms with Gasteiger partial charge in [-0.25, -0.2) is 4.79 Å². The van der Waals surface area contributed by atoms with Crippen LogP contribution in [0.25, 0.3) is 0 Å². The SMILES string of the molecule is C=CCn1c(SC(C)C(=O)N2CCNC2=O)nnc1C1CC1. The summed E-state index contributed by atoms with van der Waals surface area (Å²) in [5.74, 6) is 1.26. The number of hydrogen-bond donors (Lipinski definition) is 1. The molecule has 1 aliphatic carbocycles. The molecule has 3 rings (SSSR count). The van der Waals surface area contributed by atoms with Crippen LogP contribution in [0.3, 0.4) is 0 Å². The molecule has 0 aromatic carbocycles. The molecule has 1 aromatic rings. The van der Waals surface area contributed by atoms with E-state index in [1.807, 2.05) is 4.57 Å². The van der Waals surface area contributed by atoms with Crippen molar-refractivity contribution in [2.45, 2.75) is 42.6 Å². The molecule has 1 saturated carbocycles. The number of carbonyl (C=O) groups is 2. The van der Waals surface area contributed by atoms with Gasteiger partial charge in [-0.1, -0.05) is 17.8 Å². The van der Waals surface area contributed by atoms with Gasteiger partial charge in [-0.15, -0.1) is 16.8 Å². The molecule has 2 aliphatic rings. The minimum atomic E-state index is -0.385. The first-order chi connectivity index (χ1) is 10.6. The van der Waals surface area contributed by atoms with Crippen molar-refractivity contribution in [2.24, 2.45) is 0 Å². The molecule has 2 heterocycles. The lowest BCUT2D eigenvalue weighted by molar-refractivity contribution is -0.126. The maximum atomic E-state index is 12.3. The number of aromatic nitrogens is 3. The Balaban J connectivity index is 1.73. The van der Waals surface area contributed by atoms with Crippen LogP contribution in [-0.2, 0) is 11.3 Å². The molecule has 3 amide bonds. The van der Waals surface area contributed by atoms with Gasteiger partial charge in [0.15, 0.2) is 5.16 Å². The fourth-order valence-corrected chi connectivity index (χ4v) is 3.37. The summed E-state index contributed by atoms with van der Waals surface area (Å²) in [6.45, 7) is 7.14. The zero-order valence-corrected chi connectivity index (χ0v) is 13.3. The number of imide groups is 1. The maximum Gasteiger partial charge on any atom is 0.324 e. The van der Waals surface area contributed by atoms with Crippen LogP contribution in [0.4, 0.5) is 4.79 Å². The molecule has 1 saturated heterocycles. The highest BCUT2D eigenvalue weighted by Gasteiger charge is 2.33. The Morgan fingerprint density at radius 1 is 1.55 bits per heavy atom. The van der Waals surface area contributed by atoms with Crippen LogP contribution in [0.2, 0.25) is 0 Å². The fourth-order valence-electron chi connectivity index (χ4n) is 2.44. The van der Waals surface area contributed by atoms with Gasteiger partial charge in [-0.3, -0.25) is 9.69 Å². The van der Waals surface area contributed by atoms with Crippen LogP contribution in [0.1, 0.15) is 31.5 Å². The smallest absolute Gasteiger partial charge is 0.324 e. The molecule has 0 bridgehead atoms. The second-order valence-corrected chi connectivity index (χ2v) is 6.80. The van der Waals surface area contributed by atoms with E-state index in [0.29, 0.717) is 30.7 Å². The lowest BCUT2D eigenvalue weighted by Gasteiger charge is -2.17. The number of nitrogens with one attached hydrogen (secondary N) is 1. The first-order valence-corrected chi connectivity index (χ1v) is 8.29. The number of rotatable bonds is 6. The Kier molecular flexibility index (Phi) is 4.19. The maximum absolute atomic E-state index is 12.3. The molecule has 0 spiro atoms. The summed E-state index contributed by atoms with van der Waals surface area (Å²) >= 11 is 1.34. The third-order valence-electron chi connectivity index (χ3n) is 3.75. The van der Waals surface area contributed by atoms with E-state index in [1.165, 1.54) is 16.7 Å². The number of amides is 3.